The minimum atomic E-state index is -0.301. The van der Waals surface area contributed by atoms with Gasteiger partial charge in [0, 0.05) is 19.9 Å². The second kappa shape index (κ2) is 7.02. The molecule has 1 aromatic rings. The van der Waals surface area contributed by atoms with Crippen molar-refractivity contribution in [2.24, 2.45) is 5.92 Å². The number of ether oxygens (including phenoxy) is 1. The highest BCUT2D eigenvalue weighted by molar-refractivity contribution is 14.1. The summed E-state index contributed by atoms with van der Waals surface area (Å²) in [7, 11) is 1.79. The van der Waals surface area contributed by atoms with Crippen molar-refractivity contribution in [3.63, 3.8) is 0 Å². The lowest BCUT2D eigenvalue weighted by Gasteiger charge is -2.37. The largest absolute Gasteiger partial charge is 0.370 e. The first kappa shape index (κ1) is 15.9. The van der Waals surface area contributed by atoms with Crippen molar-refractivity contribution in [2.45, 2.75) is 51.6 Å². The van der Waals surface area contributed by atoms with Crippen LogP contribution < -0.4 is 5.32 Å². The Morgan fingerprint density at radius 3 is 3.00 bits per heavy atom. The van der Waals surface area contributed by atoms with Crippen molar-refractivity contribution in [1.29, 1.82) is 0 Å². The van der Waals surface area contributed by atoms with Crippen LogP contribution in [-0.4, -0.2) is 23.6 Å². The van der Waals surface area contributed by atoms with Crippen LogP contribution in [0.3, 0.4) is 0 Å². The van der Waals surface area contributed by atoms with Crippen LogP contribution in [-0.2, 0) is 10.3 Å². The van der Waals surface area contributed by atoms with Gasteiger partial charge in [0.15, 0.2) is 5.82 Å². The van der Waals surface area contributed by atoms with Gasteiger partial charge >= 0.3 is 0 Å². The lowest BCUT2D eigenvalue weighted by atomic mass is 9.78. The van der Waals surface area contributed by atoms with Crippen LogP contribution in [0.5, 0.6) is 0 Å². The number of methoxy groups -OCH3 is 1. The number of rotatable bonds is 5. The van der Waals surface area contributed by atoms with Gasteiger partial charge in [-0.1, -0.05) is 20.3 Å². The summed E-state index contributed by atoms with van der Waals surface area (Å²) in [5, 5.41) is 3.38. The van der Waals surface area contributed by atoms with Gasteiger partial charge in [-0.2, -0.15) is 0 Å². The molecule has 112 valence electrons. The molecule has 0 radical (unpaired) electrons. The molecule has 1 N–H and O–H groups in total. The zero-order valence-corrected chi connectivity index (χ0v) is 14.7. The van der Waals surface area contributed by atoms with Crippen molar-refractivity contribution in [3.8, 4) is 0 Å². The van der Waals surface area contributed by atoms with E-state index in [2.05, 4.69) is 46.7 Å². The number of anilines is 1. The molecule has 0 saturated heterocycles. The molecule has 2 unspecified atom stereocenters. The summed E-state index contributed by atoms with van der Waals surface area (Å²) in [4.78, 5) is 9.32. The van der Waals surface area contributed by atoms with Gasteiger partial charge in [0.05, 0.1) is 3.57 Å². The van der Waals surface area contributed by atoms with Gasteiger partial charge in [-0.15, -0.1) is 0 Å². The molecule has 0 amide bonds. The Morgan fingerprint density at radius 2 is 2.35 bits per heavy atom. The number of halogens is 1. The van der Waals surface area contributed by atoms with Gasteiger partial charge in [-0.05, 0) is 54.2 Å². The van der Waals surface area contributed by atoms with Crippen molar-refractivity contribution in [2.75, 3.05) is 19.0 Å². The summed E-state index contributed by atoms with van der Waals surface area (Å²) in [6.45, 7) is 5.38. The van der Waals surface area contributed by atoms with Crippen LogP contribution in [0, 0.1) is 9.49 Å². The quantitative estimate of drug-likeness (QED) is 0.775. The summed E-state index contributed by atoms with van der Waals surface area (Å²) in [6, 6.07) is 0. The molecule has 0 spiro atoms. The Kier molecular flexibility index (Phi) is 5.60. The highest BCUT2D eigenvalue weighted by Gasteiger charge is 2.39. The Hall–Kier alpha value is -0.430. The molecule has 0 bridgehead atoms. The summed E-state index contributed by atoms with van der Waals surface area (Å²) in [5.74, 6) is 2.44. The minimum absolute atomic E-state index is 0.301. The van der Waals surface area contributed by atoms with Gasteiger partial charge < -0.3 is 10.1 Å². The van der Waals surface area contributed by atoms with E-state index < -0.39 is 0 Å². The fourth-order valence-corrected chi connectivity index (χ4v) is 3.39. The fraction of sp³-hybridized carbons (Fsp3) is 0.733. The van der Waals surface area contributed by atoms with E-state index in [1.807, 2.05) is 6.20 Å². The summed E-state index contributed by atoms with van der Waals surface area (Å²) in [6.07, 6.45) is 7.47. The predicted octanol–water partition coefficient (Wildman–Crippen LogP) is 3.95. The molecule has 4 nitrogen and oxygen atoms in total. The molecule has 1 aliphatic carbocycles. The first-order valence-corrected chi connectivity index (χ1v) is 8.51. The second-order valence-electron chi connectivity index (χ2n) is 5.72. The smallest absolute Gasteiger partial charge is 0.162 e. The monoisotopic (exact) mass is 389 g/mol. The van der Waals surface area contributed by atoms with Crippen molar-refractivity contribution in [1.82, 2.24) is 9.97 Å². The molecule has 1 heterocycles. The van der Waals surface area contributed by atoms with E-state index in [1.54, 1.807) is 7.11 Å². The van der Waals surface area contributed by atoms with Crippen LogP contribution in [0.2, 0.25) is 0 Å². The normalized spacial score (nSPS) is 26.5. The number of aromatic nitrogens is 2. The van der Waals surface area contributed by atoms with Crippen LogP contribution in [0.1, 0.15) is 51.8 Å². The predicted molar refractivity (Wildman–Crippen MR) is 89.8 cm³/mol. The van der Waals surface area contributed by atoms with Gasteiger partial charge in [0.1, 0.15) is 11.4 Å². The molecule has 20 heavy (non-hydrogen) atoms. The molecule has 2 rings (SSSR count). The van der Waals surface area contributed by atoms with Gasteiger partial charge in [0.2, 0.25) is 0 Å². The first-order chi connectivity index (χ1) is 9.61. The topological polar surface area (TPSA) is 47.0 Å². The molecule has 5 heteroatoms. The molecular formula is C15H24IN3O. The minimum Gasteiger partial charge on any atom is -0.370 e. The zero-order valence-electron chi connectivity index (χ0n) is 12.6. The van der Waals surface area contributed by atoms with E-state index in [-0.39, 0.29) is 5.60 Å². The number of hydrogen-bond acceptors (Lipinski definition) is 4. The summed E-state index contributed by atoms with van der Waals surface area (Å²) in [5.41, 5.74) is -0.301. The van der Waals surface area contributed by atoms with Crippen molar-refractivity contribution < 1.29 is 4.74 Å². The number of hydrogen-bond donors (Lipinski definition) is 1. The highest BCUT2D eigenvalue weighted by Crippen LogP contribution is 2.41. The van der Waals surface area contributed by atoms with Crippen molar-refractivity contribution in [3.05, 3.63) is 15.6 Å². The molecule has 1 fully saturated rings. The maximum Gasteiger partial charge on any atom is 0.162 e. The van der Waals surface area contributed by atoms with E-state index in [0.29, 0.717) is 5.92 Å². The first-order valence-electron chi connectivity index (χ1n) is 7.43. The summed E-state index contributed by atoms with van der Waals surface area (Å²) < 4.78 is 6.94. The van der Waals surface area contributed by atoms with Crippen LogP contribution in [0.4, 0.5) is 5.82 Å². The van der Waals surface area contributed by atoms with Gasteiger partial charge in [-0.25, -0.2) is 9.97 Å². The molecule has 0 aliphatic heterocycles. The third-order valence-electron chi connectivity index (χ3n) is 4.04. The van der Waals surface area contributed by atoms with E-state index >= 15 is 0 Å². The zero-order chi connectivity index (χ0) is 14.6. The highest BCUT2D eigenvalue weighted by atomic mass is 127. The number of nitrogens with one attached hydrogen (secondary N) is 1. The standard InChI is InChI=1S/C15H24IN3O/c1-4-8-17-13-12(16)10-18-14(19-13)15(20-3)7-5-6-11(2)9-15/h10-11H,4-9H2,1-3H3,(H,17,18,19). The van der Waals surface area contributed by atoms with E-state index in [0.717, 1.165) is 41.0 Å². The maximum atomic E-state index is 5.88. The van der Waals surface area contributed by atoms with Gasteiger partial charge in [-0.3, -0.25) is 0 Å². The average molecular weight is 389 g/mol. The second-order valence-corrected chi connectivity index (χ2v) is 6.88. The Bertz CT molecular complexity index is 455. The van der Waals surface area contributed by atoms with Crippen LogP contribution in [0.25, 0.3) is 0 Å². The van der Waals surface area contributed by atoms with Crippen LogP contribution in [0.15, 0.2) is 6.20 Å². The summed E-state index contributed by atoms with van der Waals surface area (Å²) >= 11 is 2.28. The molecule has 0 aromatic carbocycles. The molecule has 1 aliphatic rings. The molecule has 1 aromatic heterocycles. The lowest BCUT2D eigenvalue weighted by molar-refractivity contribution is -0.0645. The maximum absolute atomic E-state index is 5.88. The Labute approximate surface area is 135 Å². The van der Waals surface area contributed by atoms with Crippen LogP contribution >= 0.6 is 22.6 Å². The van der Waals surface area contributed by atoms with Gasteiger partial charge in [0.25, 0.3) is 0 Å². The Morgan fingerprint density at radius 1 is 1.55 bits per heavy atom. The SMILES string of the molecule is CCCNc1nc(C2(OC)CCCC(C)C2)ncc1I. The number of nitrogens with zero attached hydrogens (tertiary/aromatic N) is 2. The molecular weight excluding hydrogens is 365 g/mol. The third kappa shape index (κ3) is 3.42. The molecule has 1 saturated carbocycles. The van der Waals surface area contributed by atoms with E-state index in [4.69, 9.17) is 9.72 Å². The fourth-order valence-electron chi connectivity index (χ4n) is 2.94. The van der Waals surface area contributed by atoms with E-state index in [9.17, 15) is 0 Å². The van der Waals surface area contributed by atoms with E-state index in [1.165, 1.54) is 12.8 Å². The lowest BCUT2D eigenvalue weighted by Crippen LogP contribution is -2.36. The van der Waals surface area contributed by atoms with Crippen molar-refractivity contribution >= 4 is 28.4 Å². The molecule has 2 atom stereocenters. The Balaban J connectivity index is 2.29. The third-order valence-corrected chi connectivity index (χ3v) is 4.83. The average Bonchev–Trinajstić information content (AvgIpc) is 2.46.